The van der Waals surface area contributed by atoms with Gasteiger partial charge in [0.1, 0.15) is 6.10 Å². The van der Waals surface area contributed by atoms with Crippen LogP contribution < -0.4 is 0 Å². The molecule has 1 rings (SSSR count). The summed E-state index contributed by atoms with van der Waals surface area (Å²) in [5.41, 5.74) is 0. The maximum atomic E-state index is 11.6. The van der Waals surface area contributed by atoms with Gasteiger partial charge in [0.05, 0.1) is 12.0 Å². The van der Waals surface area contributed by atoms with Crippen LogP contribution in [0.15, 0.2) is 0 Å². The molecule has 3 nitrogen and oxygen atoms in total. The Balaban J connectivity index is 1.93. The summed E-state index contributed by atoms with van der Waals surface area (Å²) in [6.45, 7) is 4.47. The maximum Gasteiger partial charge on any atom is 0.313 e. The highest BCUT2D eigenvalue weighted by atomic mass is 16.6. The number of carbonyl (C=O) groups excluding carboxylic acids is 1. The van der Waals surface area contributed by atoms with E-state index in [1.54, 1.807) is 0 Å². The molecule has 0 saturated carbocycles. The number of aliphatic hydroxyl groups excluding tert-OH is 1. The van der Waals surface area contributed by atoms with Crippen LogP contribution in [-0.4, -0.2) is 23.3 Å². The van der Waals surface area contributed by atoms with Gasteiger partial charge >= 0.3 is 5.97 Å². The molecule has 0 amide bonds. The van der Waals surface area contributed by atoms with E-state index < -0.39 is 0 Å². The van der Waals surface area contributed by atoms with Gasteiger partial charge in [0.2, 0.25) is 0 Å². The van der Waals surface area contributed by atoms with Crippen LogP contribution >= 0.6 is 0 Å². The number of hydrogen-bond donors (Lipinski definition) is 1. The second-order valence-corrected chi connectivity index (χ2v) is 8.64. The Labute approximate surface area is 168 Å². The first kappa shape index (κ1) is 24.5. The first-order chi connectivity index (χ1) is 13.2. The summed E-state index contributed by atoms with van der Waals surface area (Å²) >= 11 is 0. The minimum absolute atomic E-state index is 0.0261. The predicted octanol–water partition coefficient (Wildman–Crippen LogP) is 6.95. The number of rotatable bonds is 19. The molecule has 27 heavy (non-hydrogen) atoms. The van der Waals surface area contributed by atoms with Crippen molar-refractivity contribution in [3.05, 3.63) is 0 Å². The van der Waals surface area contributed by atoms with Gasteiger partial charge in [-0.3, -0.25) is 4.79 Å². The van der Waals surface area contributed by atoms with Gasteiger partial charge in [0, 0.05) is 6.42 Å². The van der Waals surface area contributed by atoms with E-state index in [9.17, 15) is 9.90 Å². The number of hydrogen-bond acceptors (Lipinski definition) is 3. The molecule has 1 heterocycles. The van der Waals surface area contributed by atoms with E-state index in [1.165, 1.54) is 83.5 Å². The standard InChI is InChI=1S/C24H46O3/c1-3-5-7-9-10-11-12-13-14-15-16-18-21(25)20-23-22(24(26)27-23)19-17-8-6-4-2/h21-23,25H,3-20H2,1-2H3/t21-,22-,23-/m0/s1. The van der Waals surface area contributed by atoms with Crippen molar-refractivity contribution in [3.8, 4) is 0 Å². The van der Waals surface area contributed by atoms with E-state index in [-0.39, 0.29) is 24.1 Å². The Morgan fingerprint density at radius 1 is 0.778 bits per heavy atom. The van der Waals surface area contributed by atoms with Crippen LogP contribution in [0.3, 0.4) is 0 Å². The minimum Gasteiger partial charge on any atom is -0.461 e. The SMILES string of the molecule is CCCCCCCCCCCCC[C@H](O)C[C@@H]1OC(=O)[C@H]1CCCCCC. The molecule has 1 aliphatic rings. The number of unbranched alkanes of at least 4 members (excludes halogenated alkanes) is 13. The first-order valence-electron chi connectivity index (χ1n) is 12.1. The highest BCUT2D eigenvalue weighted by Gasteiger charge is 2.42. The van der Waals surface area contributed by atoms with Crippen LogP contribution in [-0.2, 0) is 9.53 Å². The molecule has 160 valence electrons. The van der Waals surface area contributed by atoms with E-state index in [0.717, 1.165) is 25.7 Å². The highest BCUT2D eigenvalue weighted by Crippen LogP contribution is 2.31. The van der Waals surface area contributed by atoms with E-state index in [4.69, 9.17) is 4.74 Å². The Kier molecular flexibility index (Phi) is 14.9. The lowest BCUT2D eigenvalue weighted by Gasteiger charge is -2.36. The van der Waals surface area contributed by atoms with E-state index in [1.807, 2.05) is 0 Å². The van der Waals surface area contributed by atoms with Gasteiger partial charge in [0.25, 0.3) is 0 Å². The topological polar surface area (TPSA) is 46.5 Å². The van der Waals surface area contributed by atoms with Gasteiger partial charge in [-0.05, 0) is 12.8 Å². The summed E-state index contributed by atoms with van der Waals surface area (Å²) in [6, 6.07) is 0. The lowest BCUT2D eigenvalue weighted by Crippen LogP contribution is -2.46. The van der Waals surface area contributed by atoms with Crippen LogP contribution in [0.25, 0.3) is 0 Å². The molecule has 1 fully saturated rings. The maximum absolute atomic E-state index is 11.6. The number of aliphatic hydroxyl groups is 1. The van der Waals surface area contributed by atoms with Crippen LogP contribution in [0.5, 0.6) is 0 Å². The molecule has 0 radical (unpaired) electrons. The number of esters is 1. The van der Waals surface area contributed by atoms with Crippen molar-refractivity contribution in [2.45, 2.75) is 142 Å². The molecular weight excluding hydrogens is 336 g/mol. The zero-order chi connectivity index (χ0) is 19.7. The molecule has 0 bridgehead atoms. The predicted molar refractivity (Wildman–Crippen MR) is 114 cm³/mol. The Bertz CT molecular complexity index is 356. The van der Waals surface area contributed by atoms with E-state index >= 15 is 0 Å². The van der Waals surface area contributed by atoms with Crippen LogP contribution in [0.1, 0.15) is 129 Å². The van der Waals surface area contributed by atoms with Crippen LogP contribution in [0.4, 0.5) is 0 Å². The summed E-state index contributed by atoms with van der Waals surface area (Å²) in [4.78, 5) is 11.6. The zero-order valence-electron chi connectivity index (χ0n) is 18.2. The van der Waals surface area contributed by atoms with Crippen molar-refractivity contribution in [3.63, 3.8) is 0 Å². The van der Waals surface area contributed by atoms with Crippen molar-refractivity contribution in [2.75, 3.05) is 0 Å². The summed E-state index contributed by atoms with van der Waals surface area (Å²) in [5, 5.41) is 10.3. The van der Waals surface area contributed by atoms with Crippen molar-refractivity contribution in [1.82, 2.24) is 0 Å². The Hall–Kier alpha value is -0.570. The van der Waals surface area contributed by atoms with Gasteiger partial charge in [-0.1, -0.05) is 110 Å². The van der Waals surface area contributed by atoms with Gasteiger partial charge in [0.15, 0.2) is 0 Å². The second kappa shape index (κ2) is 16.4. The monoisotopic (exact) mass is 382 g/mol. The summed E-state index contributed by atoms with van der Waals surface area (Å²) in [5.74, 6) is 0.00669. The normalized spacial score (nSPS) is 20.3. The molecule has 0 aliphatic carbocycles. The molecule has 1 saturated heterocycles. The van der Waals surface area contributed by atoms with Crippen molar-refractivity contribution >= 4 is 5.97 Å². The Morgan fingerprint density at radius 2 is 1.26 bits per heavy atom. The molecule has 0 aromatic carbocycles. The lowest BCUT2D eigenvalue weighted by atomic mass is 9.86. The highest BCUT2D eigenvalue weighted by molar-refractivity contribution is 5.78. The molecular formula is C24H46O3. The lowest BCUT2D eigenvalue weighted by molar-refractivity contribution is -0.188. The largest absolute Gasteiger partial charge is 0.461 e. The summed E-state index contributed by atoms with van der Waals surface area (Å²) in [7, 11) is 0. The van der Waals surface area contributed by atoms with Gasteiger partial charge in [-0.15, -0.1) is 0 Å². The van der Waals surface area contributed by atoms with Crippen LogP contribution in [0, 0.1) is 5.92 Å². The fraction of sp³-hybridized carbons (Fsp3) is 0.958. The number of ether oxygens (including phenoxy) is 1. The molecule has 3 heteroatoms. The van der Waals surface area contributed by atoms with Crippen molar-refractivity contribution in [2.24, 2.45) is 5.92 Å². The van der Waals surface area contributed by atoms with E-state index in [2.05, 4.69) is 13.8 Å². The summed E-state index contributed by atoms with van der Waals surface area (Å²) < 4.78 is 5.29. The molecule has 0 aromatic heterocycles. The van der Waals surface area contributed by atoms with E-state index in [0.29, 0.717) is 6.42 Å². The fourth-order valence-electron chi connectivity index (χ4n) is 4.14. The smallest absolute Gasteiger partial charge is 0.313 e. The molecule has 0 unspecified atom stereocenters. The quantitative estimate of drug-likeness (QED) is 0.194. The number of carbonyl (C=O) groups is 1. The van der Waals surface area contributed by atoms with Gasteiger partial charge < -0.3 is 9.84 Å². The molecule has 3 atom stereocenters. The van der Waals surface area contributed by atoms with Gasteiger partial charge in [-0.2, -0.15) is 0 Å². The third-order valence-electron chi connectivity index (χ3n) is 6.03. The van der Waals surface area contributed by atoms with Gasteiger partial charge in [-0.25, -0.2) is 0 Å². The number of cyclic esters (lactones) is 1. The molecule has 1 N–H and O–H groups in total. The van der Waals surface area contributed by atoms with Crippen molar-refractivity contribution < 1.29 is 14.6 Å². The van der Waals surface area contributed by atoms with Crippen molar-refractivity contribution in [1.29, 1.82) is 0 Å². The first-order valence-corrected chi connectivity index (χ1v) is 12.1. The Morgan fingerprint density at radius 3 is 1.78 bits per heavy atom. The molecule has 0 aromatic rings. The average Bonchev–Trinajstić information content (AvgIpc) is 2.65. The zero-order valence-corrected chi connectivity index (χ0v) is 18.2. The fourth-order valence-corrected chi connectivity index (χ4v) is 4.14. The summed E-state index contributed by atoms with van der Waals surface area (Å²) in [6.07, 6.45) is 21.5. The minimum atomic E-state index is -0.306. The average molecular weight is 383 g/mol. The second-order valence-electron chi connectivity index (χ2n) is 8.64. The van der Waals surface area contributed by atoms with Crippen LogP contribution in [0.2, 0.25) is 0 Å². The molecule has 1 aliphatic heterocycles. The molecule has 0 spiro atoms. The third kappa shape index (κ3) is 11.8. The third-order valence-corrected chi connectivity index (χ3v) is 6.03.